The molecule has 1 aromatic carbocycles. The molecule has 0 aliphatic carbocycles. The Morgan fingerprint density at radius 1 is 1.14 bits per heavy atom. The molecule has 0 aliphatic rings. The second-order valence-corrected chi connectivity index (χ2v) is 8.01. The van der Waals surface area contributed by atoms with Gasteiger partial charge in [-0.15, -0.1) is 0 Å². The van der Waals surface area contributed by atoms with Crippen LogP contribution in [0.4, 0.5) is 0 Å². The van der Waals surface area contributed by atoms with E-state index in [1.807, 2.05) is 30.5 Å². The van der Waals surface area contributed by atoms with E-state index in [9.17, 15) is 13.2 Å². The van der Waals surface area contributed by atoms with Crippen molar-refractivity contribution in [3.05, 3.63) is 71.4 Å². The van der Waals surface area contributed by atoms with Gasteiger partial charge in [-0.25, -0.2) is 18.4 Å². The highest BCUT2D eigenvalue weighted by atomic mass is 32.2. The first-order valence-electron chi connectivity index (χ1n) is 8.87. The Morgan fingerprint density at radius 2 is 1.86 bits per heavy atom. The van der Waals surface area contributed by atoms with E-state index >= 15 is 0 Å². The number of esters is 1. The average molecular weight is 418 g/mol. The first kappa shape index (κ1) is 20.7. The number of benzene rings is 1. The highest BCUT2D eigenvalue weighted by Gasteiger charge is 2.17. The fourth-order valence-corrected chi connectivity index (χ4v) is 3.42. The van der Waals surface area contributed by atoms with Crippen molar-refractivity contribution in [3.63, 3.8) is 0 Å². The Balaban J connectivity index is 1.53. The normalized spacial score (nSPS) is 11.4. The summed E-state index contributed by atoms with van der Waals surface area (Å²) in [6.07, 6.45) is 1.61. The standard InChI is InChI=1S/C20H22N2O6S/c1-14-12-19(15(2)22(14)13-17-4-3-9-26-17)20(23)28-11-10-27-16-5-7-18(8-6-16)29(21,24)25/h3-9,12H,10-11,13H2,1-2H3,(H2,21,24,25). The maximum atomic E-state index is 12.4. The number of ether oxygens (including phenoxy) is 2. The van der Waals surface area contributed by atoms with Crippen LogP contribution < -0.4 is 9.88 Å². The molecular weight excluding hydrogens is 396 g/mol. The quantitative estimate of drug-likeness (QED) is 0.444. The topological polar surface area (TPSA) is 114 Å². The minimum atomic E-state index is -3.74. The Morgan fingerprint density at radius 3 is 2.48 bits per heavy atom. The number of nitrogens with two attached hydrogens (primary N) is 1. The van der Waals surface area contributed by atoms with Crippen LogP contribution in [0.5, 0.6) is 5.75 Å². The summed E-state index contributed by atoms with van der Waals surface area (Å²) >= 11 is 0. The number of sulfonamides is 1. The third kappa shape index (κ3) is 5.07. The van der Waals surface area contributed by atoms with E-state index < -0.39 is 16.0 Å². The molecule has 2 heterocycles. The maximum Gasteiger partial charge on any atom is 0.340 e. The highest BCUT2D eigenvalue weighted by Crippen LogP contribution is 2.19. The van der Waals surface area contributed by atoms with Crippen molar-refractivity contribution in [1.82, 2.24) is 4.57 Å². The summed E-state index contributed by atoms with van der Waals surface area (Å²) in [6.45, 7) is 4.50. The van der Waals surface area contributed by atoms with Crippen molar-refractivity contribution in [2.75, 3.05) is 13.2 Å². The van der Waals surface area contributed by atoms with Crippen LogP contribution >= 0.6 is 0 Å². The molecule has 29 heavy (non-hydrogen) atoms. The SMILES string of the molecule is Cc1cc(C(=O)OCCOc2ccc(S(N)(=O)=O)cc2)c(C)n1Cc1ccco1. The van der Waals surface area contributed by atoms with Crippen molar-refractivity contribution < 1.29 is 27.1 Å². The third-order valence-corrected chi connectivity index (χ3v) is 5.35. The molecular formula is C20H22N2O6S. The molecule has 9 heteroatoms. The molecule has 2 aromatic heterocycles. The minimum Gasteiger partial charge on any atom is -0.490 e. The molecule has 0 aliphatic heterocycles. The van der Waals surface area contributed by atoms with Crippen LogP contribution in [0.2, 0.25) is 0 Å². The summed E-state index contributed by atoms with van der Waals surface area (Å²) in [6, 6.07) is 11.2. The van der Waals surface area contributed by atoms with Crippen molar-refractivity contribution in [1.29, 1.82) is 0 Å². The lowest BCUT2D eigenvalue weighted by Gasteiger charge is -2.09. The Kier molecular flexibility index (Phi) is 6.09. The van der Waals surface area contributed by atoms with Gasteiger partial charge in [0.05, 0.1) is 23.3 Å². The number of aryl methyl sites for hydroxylation is 1. The summed E-state index contributed by atoms with van der Waals surface area (Å²) < 4.78 is 40.6. The zero-order chi connectivity index (χ0) is 21.0. The number of rotatable bonds is 8. The molecule has 3 aromatic rings. The molecule has 154 valence electrons. The molecule has 2 N–H and O–H groups in total. The second-order valence-electron chi connectivity index (χ2n) is 6.45. The zero-order valence-corrected chi connectivity index (χ0v) is 16.9. The van der Waals surface area contributed by atoms with E-state index in [1.165, 1.54) is 24.3 Å². The van der Waals surface area contributed by atoms with Crippen molar-refractivity contribution in [3.8, 4) is 5.75 Å². The lowest BCUT2D eigenvalue weighted by molar-refractivity contribution is 0.0449. The summed E-state index contributed by atoms with van der Waals surface area (Å²) in [4.78, 5) is 12.4. The van der Waals surface area contributed by atoms with Gasteiger partial charge in [0, 0.05) is 11.4 Å². The van der Waals surface area contributed by atoms with Crippen LogP contribution in [0, 0.1) is 13.8 Å². The van der Waals surface area contributed by atoms with E-state index in [0.717, 1.165) is 17.1 Å². The maximum absolute atomic E-state index is 12.4. The van der Waals surface area contributed by atoms with Gasteiger partial charge in [0.1, 0.15) is 24.7 Å². The number of hydrogen-bond donors (Lipinski definition) is 1. The van der Waals surface area contributed by atoms with Gasteiger partial charge in [-0.2, -0.15) is 0 Å². The molecule has 0 spiro atoms. The summed E-state index contributed by atoms with van der Waals surface area (Å²) in [7, 11) is -3.74. The number of aromatic nitrogens is 1. The second kappa shape index (κ2) is 8.54. The van der Waals surface area contributed by atoms with E-state index in [4.69, 9.17) is 19.0 Å². The average Bonchev–Trinajstić information content (AvgIpc) is 3.28. The number of furan rings is 1. The number of primary sulfonamides is 1. The van der Waals surface area contributed by atoms with E-state index in [-0.39, 0.29) is 18.1 Å². The fraction of sp³-hybridized carbons (Fsp3) is 0.250. The number of carbonyl (C=O) groups is 1. The monoisotopic (exact) mass is 418 g/mol. The number of carbonyl (C=O) groups excluding carboxylic acids is 1. The lowest BCUT2D eigenvalue weighted by Crippen LogP contribution is -2.14. The van der Waals surface area contributed by atoms with Gasteiger partial charge in [0.25, 0.3) is 0 Å². The van der Waals surface area contributed by atoms with Gasteiger partial charge in [-0.05, 0) is 56.3 Å². The molecule has 0 unspecified atom stereocenters. The van der Waals surface area contributed by atoms with Gasteiger partial charge in [0.15, 0.2) is 0 Å². The smallest absolute Gasteiger partial charge is 0.340 e. The lowest BCUT2D eigenvalue weighted by atomic mass is 10.2. The summed E-state index contributed by atoms with van der Waals surface area (Å²) in [5.41, 5.74) is 2.21. The molecule has 3 rings (SSSR count). The van der Waals surface area contributed by atoms with Crippen molar-refractivity contribution in [2.24, 2.45) is 5.14 Å². The van der Waals surface area contributed by atoms with Crippen LogP contribution in [0.15, 0.2) is 58.0 Å². The summed E-state index contributed by atoms with van der Waals surface area (Å²) in [5, 5.41) is 5.05. The Bertz CT molecular complexity index is 1080. The third-order valence-electron chi connectivity index (χ3n) is 4.43. The molecule has 0 atom stereocenters. The summed E-state index contributed by atoms with van der Waals surface area (Å²) in [5.74, 6) is 0.815. The molecule has 0 saturated heterocycles. The van der Waals surface area contributed by atoms with Gasteiger partial charge in [-0.1, -0.05) is 0 Å². The zero-order valence-electron chi connectivity index (χ0n) is 16.1. The van der Waals surface area contributed by atoms with E-state index in [2.05, 4.69) is 0 Å². The Labute approximate surface area is 168 Å². The fourth-order valence-electron chi connectivity index (χ4n) is 2.91. The molecule has 0 radical (unpaired) electrons. The van der Waals surface area contributed by atoms with Crippen molar-refractivity contribution in [2.45, 2.75) is 25.3 Å². The van der Waals surface area contributed by atoms with Gasteiger partial charge >= 0.3 is 5.97 Å². The molecule has 0 saturated carbocycles. The molecule has 0 fully saturated rings. The minimum absolute atomic E-state index is 0.00110. The number of hydrogen-bond acceptors (Lipinski definition) is 6. The van der Waals surface area contributed by atoms with Crippen LogP contribution in [-0.2, 0) is 21.3 Å². The molecule has 0 amide bonds. The first-order valence-corrected chi connectivity index (χ1v) is 10.4. The Hall–Kier alpha value is -3.04. The van der Waals surface area contributed by atoms with Gasteiger partial charge < -0.3 is 18.5 Å². The van der Waals surface area contributed by atoms with Crippen LogP contribution in [0.25, 0.3) is 0 Å². The van der Waals surface area contributed by atoms with Gasteiger partial charge in [0.2, 0.25) is 10.0 Å². The first-order chi connectivity index (χ1) is 13.8. The van der Waals surface area contributed by atoms with Crippen LogP contribution in [-0.4, -0.2) is 32.2 Å². The molecule has 8 nitrogen and oxygen atoms in total. The number of nitrogens with zero attached hydrogens (tertiary/aromatic N) is 1. The van der Waals surface area contributed by atoms with Gasteiger partial charge in [-0.3, -0.25) is 0 Å². The highest BCUT2D eigenvalue weighted by molar-refractivity contribution is 7.89. The van der Waals surface area contributed by atoms with E-state index in [1.54, 1.807) is 12.3 Å². The predicted octanol–water partition coefficient (Wildman–Crippen LogP) is 2.63. The van der Waals surface area contributed by atoms with Crippen LogP contribution in [0.1, 0.15) is 27.5 Å². The molecule has 0 bridgehead atoms. The largest absolute Gasteiger partial charge is 0.490 e. The van der Waals surface area contributed by atoms with Crippen LogP contribution in [0.3, 0.4) is 0 Å². The van der Waals surface area contributed by atoms with Crippen molar-refractivity contribution >= 4 is 16.0 Å². The predicted molar refractivity (Wildman–Crippen MR) is 105 cm³/mol. The van der Waals surface area contributed by atoms with E-state index in [0.29, 0.717) is 17.9 Å².